The van der Waals surface area contributed by atoms with Gasteiger partial charge < -0.3 is 10.6 Å². The Bertz CT molecular complexity index is 646. The third-order valence-corrected chi connectivity index (χ3v) is 4.72. The summed E-state index contributed by atoms with van der Waals surface area (Å²) in [6, 6.07) is 8.37. The molecule has 1 amide bonds. The van der Waals surface area contributed by atoms with Crippen LogP contribution in [0, 0.1) is 6.92 Å². The molecule has 0 aliphatic carbocycles. The van der Waals surface area contributed by atoms with E-state index in [0.717, 1.165) is 16.3 Å². The van der Waals surface area contributed by atoms with Crippen molar-refractivity contribution in [1.82, 2.24) is 9.69 Å². The van der Waals surface area contributed by atoms with Crippen molar-refractivity contribution in [2.45, 2.75) is 39.7 Å². The maximum Gasteiger partial charge on any atom is 0.256 e. The summed E-state index contributed by atoms with van der Waals surface area (Å²) < 4.78 is 4.24. The highest BCUT2D eigenvalue weighted by Crippen LogP contribution is 2.25. The van der Waals surface area contributed by atoms with Gasteiger partial charge in [-0.1, -0.05) is 38.1 Å². The minimum atomic E-state index is -0.0870. The number of carbonyl (C=O) groups excluding carboxylic acids is 1. The predicted molar refractivity (Wildman–Crippen MR) is 92.8 cm³/mol. The topological polar surface area (TPSA) is 54.0 Å². The second-order valence-electron chi connectivity index (χ2n) is 5.74. The van der Waals surface area contributed by atoms with Gasteiger partial charge in [0.05, 0.1) is 17.3 Å². The molecule has 5 heteroatoms. The van der Waals surface area contributed by atoms with Gasteiger partial charge in [0.2, 0.25) is 0 Å². The Labute approximate surface area is 136 Å². The number of amides is 1. The lowest BCUT2D eigenvalue weighted by atomic mass is 9.99. The fourth-order valence-corrected chi connectivity index (χ4v) is 3.07. The Balaban J connectivity index is 2.12. The highest BCUT2D eigenvalue weighted by molar-refractivity contribution is 7.10. The van der Waals surface area contributed by atoms with Crippen molar-refractivity contribution < 1.29 is 4.79 Å². The van der Waals surface area contributed by atoms with Crippen LogP contribution < -0.4 is 10.6 Å². The third-order valence-electron chi connectivity index (χ3n) is 3.77. The molecule has 0 saturated heterocycles. The lowest BCUT2D eigenvalue weighted by molar-refractivity contribution is 0.0940. The molecule has 4 nitrogen and oxygen atoms in total. The molecule has 0 aliphatic heterocycles. The first-order chi connectivity index (χ1) is 10.4. The molecular weight excluding hydrogens is 294 g/mol. The molecule has 0 unspecified atom stereocenters. The van der Waals surface area contributed by atoms with E-state index in [9.17, 15) is 4.79 Å². The van der Waals surface area contributed by atoms with Crippen LogP contribution >= 0.6 is 11.5 Å². The Morgan fingerprint density at radius 3 is 2.27 bits per heavy atom. The number of hydrogen-bond donors (Lipinski definition) is 2. The molecule has 118 valence electrons. The molecule has 2 N–H and O–H groups in total. The number of rotatable bonds is 5. The zero-order valence-electron chi connectivity index (χ0n) is 13.7. The van der Waals surface area contributed by atoms with Gasteiger partial charge in [0, 0.05) is 7.05 Å². The SMILES string of the molecule is CNc1snc(C)c1C(=O)N[C@H](C)c1ccc(C(C)C)cc1. The molecule has 2 rings (SSSR count). The summed E-state index contributed by atoms with van der Waals surface area (Å²) in [5.41, 5.74) is 3.80. The smallest absolute Gasteiger partial charge is 0.256 e. The molecule has 0 radical (unpaired) electrons. The molecule has 0 aliphatic rings. The van der Waals surface area contributed by atoms with Crippen molar-refractivity contribution in [2.75, 3.05) is 12.4 Å². The monoisotopic (exact) mass is 317 g/mol. The van der Waals surface area contributed by atoms with Gasteiger partial charge in [0.25, 0.3) is 5.91 Å². The molecular formula is C17H23N3OS. The van der Waals surface area contributed by atoms with Crippen molar-refractivity contribution in [3.8, 4) is 0 Å². The fourth-order valence-electron chi connectivity index (χ4n) is 2.33. The van der Waals surface area contributed by atoms with E-state index in [4.69, 9.17) is 0 Å². The third kappa shape index (κ3) is 3.47. The Morgan fingerprint density at radius 1 is 1.14 bits per heavy atom. The van der Waals surface area contributed by atoms with Crippen LogP contribution in [-0.4, -0.2) is 17.3 Å². The van der Waals surface area contributed by atoms with Gasteiger partial charge in [-0.2, -0.15) is 4.37 Å². The molecule has 22 heavy (non-hydrogen) atoms. The second kappa shape index (κ2) is 6.92. The summed E-state index contributed by atoms with van der Waals surface area (Å²) in [6.45, 7) is 8.20. The molecule has 2 aromatic rings. The van der Waals surface area contributed by atoms with Crippen molar-refractivity contribution in [3.05, 3.63) is 46.6 Å². The van der Waals surface area contributed by atoms with Gasteiger partial charge in [-0.25, -0.2) is 0 Å². The van der Waals surface area contributed by atoms with Crippen LogP contribution in [0.15, 0.2) is 24.3 Å². The number of carbonyl (C=O) groups is 1. The number of aryl methyl sites for hydroxylation is 1. The minimum absolute atomic E-state index is 0.0438. The van der Waals surface area contributed by atoms with Crippen molar-refractivity contribution in [2.24, 2.45) is 0 Å². The summed E-state index contributed by atoms with van der Waals surface area (Å²) in [7, 11) is 1.80. The van der Waals surface area contributed by atoms with Crippen LogP contribution in [-0.2, 0) is 0 Å². The Kier molecular flexibility index (Phi) is 5.19. The highest BCUT2D eigenvalue weighted by Gasteiger charge is 2.19. The number of nitrogens with zero attached hydrogens (tertiary/aromatic N) is 1. The number of nitrogens with one attached hydrogen (secondary N) is 2. The number of hydrogen-bond acceptors (Lipinski definition) is 4. The van der Waals surface area contributed by atoms with Crippen LogP contribution in [0.4, 0.5) is 5.00 Å². The highest BCUT2D eigenvalue weighted by atomic mass is 32.1. The van der Waals surface area contributed by atoms with E-state index in [2.05, 4.69) is 53.1 Å². The molecule has 1 aromatic heterocycles. The van der Waals surface area contributed by atoms with E-state index in [1.807, 2.05) is 13.8 Å². The molecule has 1 atom stereocenters. The van der Waals surface area contributed by atoms with Gasteiger partial charge in [-0.3, -0.25) is 4.79 Å². The average molecular weight is 317 g/mol. The average Bonchev–Trinajstić information content (AvgIpc) is 2.88. The first-order valence-corrected chi connectivity index (χ1v) is 8.26. The molecule has 0 fully saturated rings. The normalized spacial score (nSPS) is 12.3. The van der Waals surface area contributed by atoms with E-state index in [1.54, 1.807) is 7.05 Å². The molecule has 0 bridgehead atoms. The zero-order valence-corrected chi connectivity index (χ0v) is 14.5. The Hall–Kier alpha value is -1.88. The van der Waals surface area contributed by atoms with Crippen LogP contribution in [0.25, 0.3) is 0 Å². The quantitative estimate of drug-likeness (QED) is 0.872. The maximum atomic E-state index is 12.5. The van der Waals surface area contributed by atoms with Gasteiger partial charge in [-0.15, -0.1) is 0 Å². The van der Waals surface area contributed by atoms with E-state index in [-0.39, 0.29) is 11.9 Å². The fraction of sp³-hybridized carbons (Fsp3) is 0.412. The second-order valence-corrected chi connectivity index (χ2v) is 6.51. The Morgan fingerprint density at radius 2 is 1.73 bits per heavy atom. The van der Waals surface area contributed by atoms with Crippen molar-refractivity contribution in [3.63, 3.8) is 0 Å². The van der Waals surface area contributed by atoms with Crippen LogP contribution in [0.5, 0.6) is 0 Å². The summed E-state index contributed by atoms with van der Waals surface area (Å²) in [5.74, 6) is 0.424. The van der Waals surface area contributed by atoms with Crippen molar-refractivity contribution in [1.29, 1.82) is 0 Å². The number of aromatic nitrogens is 1. The van der Waals surface area contributed by atoms with Crippen molar-refractivity contribution >= 4 is 22.4 Å². The summed E-state index contributed by atoms with van der Waals surface area (Å²) in [5, 5.41) is 6.88. The lowest BCUT2D eigenvalue weighted by Gasteiger charge is -2.16. The minimum Gasteiger partial charge on any atom is -0.378 e. The number of benzene rings is 1. The van der Waals surface area contributed by atoms with Gasteiger partial charge in [0.1, 0.15) is 5.00 Å². The maximum absolute atomic E-state index is 12.5. The summed E-state index contributed by atoms with van der Waals surface area (Å²) in [6.07, 6.45) is 0. The summed E-state index contributed by atoms with van der Waals surface area (Å²) in [4.78, 5) is 12.5. The van der Waals surface area contributed by atoms with E-state index in [1.165, 1.54) is 17.1 Å². The van der Waals surface area contributed by atoms with Gasteiger partial charge in [-0.05, 0) is 42.4 Å². The molecule has 0 saturated carbocycles. The van der Waals surface area contributed by atoms with E-state index < -0.39 is 0 Å². The van der Waals surface area contributed by atoms with Gasteiger partial charge >= 0.3 is 0 Å². The molecule has 0 spiro atoms. The zero-order chi connectivity index (χ0) is 16.3. The first kappa shape index (κ1) is 16.5. The van der Waals surface area contributed by atoms with E-state index in [0.29, 0.717) is 11.5 Å². The van der Waals surface area contributed by atoms with Crippen LogP contribution in [0.2, 0.25) is 0 Å². The molecule has 1 heterocycles. The first-order valence-electron chi connectivity index (χ1n) is 7.48. The molecule has 1 aromatic carbocycles. The van der Waals surface area contributed by atoms with Gasteiger partial charge in [0.15, 0.2) is 0 Å². The largest absolute Gasteiger partial charge is 0.378 e. The predicted octanol–water partition coefficient (Wildman–Crippen LogP) is 4.11. The van der Waals surface area contributed by atoms with Crippen LogP contribution in [0.3, 0.4) is 0 Å². The number of anilines is 1. The van der Waals surface area contributed by atoms with Crippen LogP contribution in [0.1, 0.15) is 59.9 Å². The summed E-state index contributed by atoms with van der Waals surface area (Å²) >= 11 is 1.31. The lowest BCUT2D eigenvalue weighted by Crippen LogP contribution is -2.27. The standard InChI is InChI=1S/C17H23N3OS/c1-10(2)13-6-8-14(9-7-13)11(3)19-16(21)15-12(4)20-22-17(15)18-5/h6-11,18H,1-5H3,(H,19,21)/t11-/m1/s1. The van der Waals surface area contributed by atoms with E-state index >= 15 is 0 Å².